The molecule has 216 valence electrons. The Morgan fingerprint density at radius 1 is 0.391 bits per heavy atom. The molecule has 3 heterocycles. The highest BCUT2D eigenvalue weighted by atomic mass is 79.9. The van der Waals surface area contributed by atoms with Gasteiger partial charge in [-0.2, -0.15) is 0 Å². The Bertz CT molecular complexity index is 2820. The number of benzene rings is 7. The average Bonchev–Trinajstić information content (AvgIpc) is 3.76. The van der Waals surface area contributed by atoms with Gasteiger partial charge in [-0.05, 0) is 90.0 Å². The normalized spacial score (nSPS) is 12.0. The Kier molecular flexibility index (Phi) is 5.43. The van der Waals surface area contributed by atoms with Crippen molar-refractivity contribution in [3.8, 4) is 22.5 Å². The fourth-order valence-corrected chi connectivity index (χ4v) is 7.91. The van der Waals surface area contributed by atoms with Crippen molar-refractivity contribution in [1.82, 2.24) is 9.13 Å². The van der Waals surface area contributed by atoms with Crippen LogP contribution < -0.4 is 0 Å². The lowest BCUT2D eigenvalue weighted by molar-refractivity contribution is 0.669. The highest BCUT2D eigenvalue weighted by Gasteiger charge is 2.17. The molecule has 7 aromatic carbocycles. The summed E-state index contributed by atoms with van der Waals surface area (Å²) < 4.78 is 12.0. The Hall–Kier alpha value is -5.58. The molecule has 0 aliphatic carbocycles. The zero-order valence-electron chi connectivity index (χ0n) is 24.6. The van der Waals surface area contributed by atoms with Crippen molar-refractivity contribution in [3.05, 3.63) is 156 Å². The van der Waals surface area contributed by atoms with Crippen molar-refractivity contribution >= 4 is 81.5 Å². The van der Waals surface area contributed by atoms with Crippen LogP contribution in [0.1, 0.15) is 0 Å². The first kappa shape index (κ1) is 25.7. The number of fused-ring (bicyclic) bond motifs is 9. The summed E-state index contributed by atoms with van der Waals surface area (Å²) >= 11 is 3.75. The van der Waals surface area contributed by atoms with Gasteiger partial charge in [-0.1, -0.05) is 88.7 Å². The van der Waals surface area contributed by atoms with Gasteiger partial charge in [-0.3, -0.25) is 0 Å². The maximum atomic E-state index is 6.19. The summed E-state index contributed by atoms with van der Waals surface area (Å²) in [5.74, 6) is 0. The van der Waals surface area contributed by atoms with Gasteiger partial charge in [0.1, 0.15) is 11.2 Å². The topological polar surface area (TPSA) is 23.0 Å². The van der Waals surface area contributed by atoms with Gasteiger partial charge in [0, 0.05) is 48.2 Å². The molecule has 0 saturated carbocycles. The monoisotopic (exact) mass is 652 g/mol. The van der Waals surface area contributed by atoms with Gasteiger partial charge in [0.2, 0.25) is 0 Å². The van der Waals surface area contributed by atoms with Crippen LogP contribution in [0.25, 0.3) is 88.1 Å². The van der Waals surface area contributed by atoms with E-state index in [-0.39, 0.29) is 0 Å². The molecular formula is C42H25BrN2O. The average molecular weight is 654 g/mol. The summed E-state index contributed by atoms with van der Waals surface area (Å²) in [6, 6.07) is 54.4. The molecule has 0 radical (unpaired) electrons. The Balaban J connectivity index is 1.18. The van der Waals surface area contributed by atoms with E-state index >= 15 is 0 Å². The molecule has 0 N–H and O–H groups in total. The van der Waals surface area contributed by atoms with Crippen LogP contribution in [-0.2, 0) is 0 Å². The lowest BCUT2D eigenvalue weighted by atomic mass is 10.0. The summed E-state index contributed by atoms with van der Waals surface area (Å²) in [7, 11) is 0. The van der Waals surface area contributed by atoms with Gasteiger partial charge in [-0.15, -0.1) is 0 Å². The van der Waals surface area contributed by atoms with E-state index in [2.05, 4.69) is 165 Å². The van der Waals surface area contributed by atoms with Crippen LogP contribution in [-0.4, -0.2) is 9.13 Å². The van der Waals surface area contributed by atoms with E-state index in [9.17, 15) is 0 Å². The van der Waals surface area contributed by atoms with E-state index in [1.165, 1.54) is 60.4 Å². The van der Waals surface area contributed by atoms with Crippen molar-refractivity contribution in [3.63, 3.8) is 0 Å². The molecule has 0 amide bonds. The Morgan fingerprint density at radius 3 is 1.65 bits per heavy atom. The Labute approximate surface area is 272 Å². The number of rotatable bonds is 3. The number of hydrogen-bond acceptors (Lipinski definition) is 1. The van der Waals surface area contributed by atoms with Gasteiger partial charge in [0.25, 0.3) is 0 Å². The second-order valence-electron chi connectivity index (χ2n) is 11.9. The number of para-hydroxylation sites is 3. The van der Waals surface area contributed by atoms with E-state index in [1.807, 2.05) is 12.1 Å². The second kappa shape index (κ2) is 9.71. The highest BCUT2D eigenvalue weighted by Crippen LogP contribution is 2.40. The largest absolute Gasteiger partial charge is 0.456 e. The van der Waals surface area contributed by atoms with Crippen molar-refractivity contribution in [1.29, 1.82) is 0 Å². The van der Waals surface area contributed by atoms with Crippen LogP contribution in [0.15, 0.2) is 161 Å². The lowest BCUT2D eigenvalue weighted by Gasteiger charge is -2.09. The number of aromatic nitrogens is 2. The van der Waals surface area contributed by atoms with Gasteiger partial charge in [-0.25, -0.2) is 0 Å². The second-order valence-corrected chi connectivity index (χ2v) is 12.8. The number of hydrogen-bond donors (Lipinski definition) is 0. The third-order valence-electron chi connectivity index (χ3n) is 9.38. The lowest BCUT2D eigenvalue weighted by Crippen LogP contribution is -1.93. The van der Waals surface area contributed by atoms with E-state index < -0.39 is 0 Å². The van der Waals surface area contributed by atoms with Crippen molar-refractivity contribution in [2.24, 2.45) is 0 Å². The van der Waals surface area contributed by atoms with Crippen LogP contribution in [0.2, 0.25) is 0 Å². The molecule has 0 saturated heterocycles. The molecule has 0 spiro atoms. The predicted molar refractivity (Wildman–Crippen MR) is 196 cm³/mol. The molecular weight excluding hydrogens is 628 g/mol. The third-order valence-corrected chi connectivity index (χ3v) is 10.0. The first-order valence-corrected chi connectivity index (χ1v) is 16.3. The predicted octanol–water partition coefficient (Wildman–Crippen LogP) is 12.2. The van der Waals surface area contributed by atoms with Crippen LogP contribution in [0, 0.1) is 0 Å². The van der Waals surface area contributed by atoms with Crippen LogP contribution in [0.4, 0.5) is 0 Å². The van der Waals surface area contributed by atoms with Gasteiger partial charge >= 0.3 is 0 Å². The van der Waals surface area contributed by atoms with Crippen molar-refractivity contribution in [2.75, 3.05) is 0 Å². The molecule has 0 atom stereocenters. The van der Waals surface area contributed by atoms with Gasteiger partial charge < -0.3 is 13.6 Å². The van der Waals surface area contributed by atoms with Crippen LogP contribution in [0.5, 0.6) is 0 Å². The molecule has 0 unspecified atom stereocenters. The molecule has 0 aliphatic rings. The number of halogens is 1. The smallest absolute Gasteiger partial charge is 0.136 e. The summed E-state index contributed by atoms with van der Waals surface area (Å²) in [6.45, 7) is 0. The molecule has 10 aromatic rings. The van der Waals surface area contributed by atoms with Crippen molar-refractivity contribution in [2.45, 2.75) is 0 Å². The zero-order chi connectivity index (χ0) is 30.4. The fraction of sp³-hybridized carbons (Fsp3) is 0. The minimum absolute atomic E-state index is 0.886. The minimum atomic E-state index is 0.886. The van der Waals surface area contributed by atoms with Gasteiger partial charge in [0.05, 0.1) is 22.1 Å². The molecule has 3 aromatic heterocycles. The first-order valence-electron chi connectivity index (χ1n) is 15.5. The minimum Gasteiger partial charge on any atom is -0.456 e. The summed E-state index contributed by atoms with van der Waals surface area (Å²) in [4.78, 5) is 0. The molecule has 46 heavy (non-hydrogen) atoms. The third kappa shape index (κ3) is 3.65. The maximum Gasteiger partial charge on any atom is 0.136 e. The first-order chi connectivity index (χ1) is 22.7. The van der Waals surface area contributed by atoms with E-state index in [4.69, 9.17) is 4.42 Å². The molecule has 0 fully saturated rings. The molecule has 0 bridgehead atoms. The maximum absolute atomic E-state index is 6.19. The molecule has 3 nitrogen and oxygen atoms in total. The summed E-state index contributed by atoms with van der Waals surface area (Å²) in [6.07, 6.45) is 0. The fourth-order valence-electron chi connectivity index (χ4n) is 7.35. The molecule has 0 aliphatic heterocycles. The molecule has 4 heteroatoms. The summed E-state index contributed by atoms with van der Waals surface area (Å²) in [5.41, 5.74) is 11.3. The summed E-state index contributed by atoms with van der Waals surface area (Å²) in [5, 5.41) is 7.19. The van der Waals surface area contributed by atoms with Crippen LogP contribution >= 0.6 is 15.9 Å². The van der Waals surface area contributed by atoms with Gasteiger partial charge in [0.15, 0.2) is 0 Å². The van der Waals surface area contributed by atoms with Crippen LogP contribution in [0.3, 0.4) is 0 Å². The SMILES string of the molecule is Brc1cccc2oc3ccc(-n4c5ccccc5c5cc(-c6ccc7c(c6)c6ccccc6n7-c6ccccc6)ccc54)cc3c12. The van der Waals surface area contributed by atoms with E-state index in [0.29, 0.717) is 0 Å². The van der Waals surface area contributed by atoms with E-state index in [1.54, 1.807) is 0 Å². The zero-order valence-corrected chi connectivity index (χ0v) is 26.2. The Morgan fingerprint density at radius 2 is 0.978 bits per heavy atom. The highest BCUT2D eigenvalue weighted by molar-refractivity contribution is 9.10. The number of nitrogens with zero attached hydrogens (tertiary/aromatic N) is 2. The standard InChI is InChI=1S/C42H25BrN2O/c43-35-13-8-16-41-42(35)34-25-29(19-22-40(34)46-41)45-37-15-7-5-12-31(37)33-24-27(18-21-39(33)45)26-17-20-38-32(23-26)30-11-4-6-14-36(30)44(38)28-9-2-1-3-10-28/h1-25H. The van der Waals surface area contributed by atoms with E-state index in [0.717, 1.165) is 32.1 Å². The quantitative estimate of drug-likeness (QED) is 0.186. The van der Waals surface area contributed by atoms with Crippen molar-refractivity contribution < 1.29 is 4.42 Å². The molecule has 10 rings (SSSR count). The number of furan rings is 1.